The molecule has 0 spiro atoms. The molecular formula is C29H22Cl2O3. The number of ether oxygens (including phenoxy) is 2. The smallest absolute Gasteiger partial charge is 0.185 e. The highest BCUT2D eigenvalue weighted by Crippen LogP contribution is 2.30. The van der Waals surface area contributed by atoms with Gasteiger partial charge in [0, 0.05) is 21.2 Å². The summed E-state index contributed by atoms with van der Waals surface area (Å²) in [5.74, 6) is 1.07. The Morgan fingerprint density at radius 1 is 0.824 bits per heavy atom. The largest absolute Gasteiger partial charge is 0.493 e. The highest BCUT2D eigenvalue weighted by Gasteiger charge is 2.08. The van der Waals surface area contributed by atoms with Gasteiger partial charge in [0.25, 0.3) is 0 Å². The highest BCUT2D eigenvalue weighted by atomic mass is 35.5. The van der Waals surface area contributed by atoms with Crippen molar-refractivity contribution in [2.75, 3.05) is 7.11 Å². The number of allylic oxidation sites excluding steroid dienone is 1. The van der Waals surface area contributed by atoms with E-state index in [1.54, 1.807) is 31.4 Å². The minimum absolute atomic E-state index is 0.0729. The molecule has 0 unspecified atom stereocenters. The maximum absolute atomic E-state index is 12.6. The van der Waals surface area contributed by atoms with E-state index in [0.717, 1.165) is 22.3 Å². The van der Waals surface area contributed by atoms with E-state index in [-0.39, 0.29) is 12.4 Å². The second-order valence-corrected chi connectivity index (χ2v) is 8.42. The van der Waals surface area contributed by atoms with Crippen LogP contribution in [-0.2, 0) is 6.61 Å². The molecule has 0 bridgehead atoms. The van der Waals surface area contributed by atoms with E-state index in [9.17, 15) is 4.79 Å². The summed E-state index contributed by atoms with van der Waals surface area (Å²) in [6.07, 6.45) is 3.32. The summed E-state index contributed by atoms with van der Waals surface area (Å²) in [6, 6.07) is 28.4. The van der Waals surface area contributed by atoms with Gasteiger partial charge in [0.15, 0.2) is 17.3 Å². The van der Waals surface area contributed by atoms with Gasteiger partial charge in [0.2, 0.25) is 0 Å². The average molecular weight is 489 g/mol. The fourth-order valence-electron chi connectivity index (χ4n) is 3.43. The molecule has 0 radical (unpaired) electrons. The topological polar surface area (TPSA) is 35.5 Å². The number of ketones is 1. The van der Waals surface area contributed by atoms with Gasteiger partial charge in [0.1, 0.15) is 6.61 Å². The molecule has 0 aliphatic rings. The minimum Gasteiger partial charge on any atom is -0.493 e. The lowest BCUT2D eigenvalue weighted by Gasteiger charge is -2.12. The number of benzene rings is 4. The van der Waals surface area contributed by atoms with E-state index in [4.69, 9.17) is 32.7 Å². The highest BCUT2D eigenvalue weighted by molar-refractivity contribution is 6.35. The number of hydrogen-bond donors (Lipinski definition) is 0. The van der Waals surface area contributed by atoms with Crippen molar-refractivity contribution in [1.29, 1.82) is 0 Å². The van der Waals surface area contributed by atoms with Crippen molar-refractivity contribution in [3.63, 3.8) is 0 Å². The minimum atomic E-state index is -0.0729. The molecular weight excluding hydrogens is 467 g/mol. The van der Waals surface area contributed by atoms with Gasteiger partial charge >= 0.3 is 0 Å². The van der Waals surface area contributed by atoms with E-state index in [1.165, 1.54) is 0 Å². The van der Waals surface area contributed by atoms with Crippen molar-refractivity contribution in [2.24, 2.45) is 0 Å². The van der Waals surface area contributed by atoms with Gasteiger partial charge in [-0.25, -0.2) is 0 Å². The molecule has 0 heterocycles. The van der Waals surface area contributed by atoms with Gasteiger partial charge in [-0.1, -0.05) is 96.0 Å². The van der Waals surface area contributed by atoms with Crippen LogP contribution >= 0.6 is 23.2 Å². The Morgan fingerprint density at radius 3 is 2.26 bits per heavy atom. The van der Waals surface area contributed by atoms with Gasteiger partial charge in [-0.3, -0.25) is 4.79 Å². The van der Waals surface area contributed by atoms with Crippen molar-refractivity contribution in [1.82, 2.24) is 0 Å². The molecule has 0 fully saturated rings. The molecule has 4 rings (SSSR count). The van der Waals surface area contributed by atoms with Crippen LogP contribution < -0.4 is 9.47 Å². The number of hydrogen-bond acceptors (Lipinski definition) is 3. The monoisotopic (exact) mass is 488 g/mol. The Morgan fingerprint density at radius 2 is 1.56 bits per heavy atom. The summed E-state index contributed by atoms with van der Waals surface area (Å²) in [5, 5.41) is 1.12. The van der Waals surface area contributed by atoms with E-state index < -0.39 is 0 Å². The Labute approximate surface area is 209 Å². The molecule has 0 saturated heterocycles. The Balaban J connectivity index is 1.43. The molecule has 0 saturated carbocycles. The van der Waals surface area contributed by atoms with Gasteiger partial charge in [-0.15, -0.1) is 0 Å². The van der Waals surface area contributed by atoms with Gasteiger partial charge in [0.05, 0.1) is 7.11 Å². The summed E-state index contributed by atoms with van der Waals surface area (Å²) >= 11 is 12.2. The summed E-state index contributed by atoms with van der Waals surface area (Å²) in [7, 11) is 1.57. The summed E-state index contributed by atoms with van der Waals surface area (Å²) < 4.78 is 11.4. The van der Waals surface area contributed by atoms with Crippen LogP contribution in [0.5, 0.6) is 11.5 Å². The summed E-state index contributed by atoms with van der Waals surface area (Å²) in [4.78, 5) is 12.6. The summed E-state index contributed by atoms with van der Waals surface area (Å²) in [6.45, 7) is 0.277. The molecule has 4 aromatic carbocycles. The maximum atomic E-state index is 12.6. The van der Waals surface area contributed by atoms with Crippen molar-refractivity contribution >= 4 is 35.1 Å². The van der Waals surface area contributed by atoms with Crippen LogP contribution in [0.25, 0.3) is 17.2 Å². The van der Waals surface area contributed by atoms with E-state index >= 15 is 0 Å². The molecule has 0 N–H and O–H groups in total. The van der Waals surface area contributed by atoms with Gasteiger partial charge < -0.3 is 9.47 Å². The maximum Gasteiger partial charge on any atom is 0.185 e. The molecule has 5 heteroatoms. The molecule has 0 aliphatic heterocycles. The predicted octanol–water partition coefficient (Wildman–Crippen LogP) is 8.14. The van der Waals surface area contributed by atoms with E-state index in [2.05, 4.69) is 0 Å². The average Bonchev–Trinajstić information content (AvgIpc) is 2.87. The molecule has 170 valence electrons. The first-order valence-electron chi connectivity index (χ1n) is 10.7. The lowest BCUT2D eigenvalue weighted by molar-refractivity contribution is 0.104. The number of rotatable bonds is 8. The van der Waals surface area contributed by atoms with Gasteiger partial charge in [-0.2, -0.15) is 0 Å². The van der Waals surface area contributed by atoms with Crippen LogP contribution in [0.3, 0.4) is 0 Å². The quantitative estimate of drug-likeness (QED) is 0.185. The van der Waals surface area contributed by atoms with Crippen molar-refractivity contribution < 1.29 is 14.3 Å². The molecule has 0 aromatic heterocycles. The first kappa shape index (κ1) is 23.6. The molecule has 0 atom stereocenters. The Hall–Kier alpha value is -3.53. The third kappa shape index (κ3) is 5.88. The SMILES string of the molecule is COc1cc(C=CC(=O)c2ccc(-c3ccccc3)cc2)ccc1OCc1ccc(Cl)cc1Cl. The lowest BCUT2D eigenvalue weighted by Crippen LogP contribution is -1.99. The van der Waals surface area contributed by atoms with Crippen LogP contribution in [0, 0.1) is 0 Å². The first-order valence-corrected chi connectivity index (χ1v) is 11.4. The van der Waals surface area contributed by atoms with Crippen molar-refractivity contribution in [3.8, 4) is 22.6 Å². The summed E-state index contributed by atoms with van der Waals surface area (Å²) in [5.41, 5.74) is 4.46. The third-order valence-corrected chi connectivity index (χ3v) is 5.88. The molecule has 34 heavy (non-hydrogen) atoms. The standard InChI is InChI=1S/C29H22Cl2O3/c1-33-29-17-20(8-16-28(29)34-19-24-13-14-25(30)18-26(24)31)7-15-27(32)23-11-9-22(10-12-23)21-5-3-2-4-6-21/h2-18H,19H2,1H3. The molecule has 4 aromatic rings. The van der Waals surface area contributed by atoms with Crippen molar-refractivity contribution in [3.05, 3.63) is 124 Å². The van der Waals surface area contributed by atoms with Gasteiger partial charge in [-0.05, 0) is 47.0 Å². The second-order valence-electron chi connectivity index (χ2n) is 7.58. The van der Waals surface area contributed by atoms with Crippen LogP contribution in [0.1, 0.15) is 21.5 Å². The fraction of sp³-hybridized carbons (Fsp3) is 0.0690. The molecule has 3 nitrogen and oxygen atoms in total. The second kappa shape index (κ2) is 11.1. The number of methoxy groups -OCH3 is 1. The van der Waals surface area contributed by atoms with Crippen LogP contribution in [-0.4, -0.2) is 12.9 Å². The Bertz CT molecular complexity index is 1310. The van der Waals surface area contributed by atoms with E-state index in [1.807, 2.05) is 78.9 Å². The zero-order chi connectivity index (χ0) is 23.9. The number of halogens is 2. The molecule has 0 aliphatic carbocycles. The number of carbonyl (C=O) groups excluding carboxylic acids is 1. The van der Waals surface area contributed by atoms with Crippen LogP contribution in [0.4, 0.5) is 0 Å². The van der Waals surface area contributed by atoms with Crippen molar-refractivity contribution in [2.45, 2.75) is 6.61 Å². The van der Waals surface area contributed by atoms with Crippen LogP contribution in [0.2, 0.25) is 10.0 Å². The number of carbonyl (C=O) groups is 1. The Kier molecular flexibility index (Phi) is 7.69. The lowest BCUT2D eigenvalue weighted by atomic mass is 10.0. The zero-order valence-corrected chi connectivity index (χ0v) is 20.0. The third-order valence-electron chi connectivity index (χ3n) is 5.29. The zero-order valence-electron chi connectivity index (χ0n) is 18.5. The fourth-order valence-corrected chi connectivity index (χ4v) is 3.89. The van der Waals surface area contributed by atoms with Crippen LogP contribution in [0.15, 0.2) is 97.1 Å². The molecule has 0 amide bonds. The van der Waals surface area contributed by atoms with E-state index in [0.29, 0.717) is 27.1 Å². The first-order chi connectivity index (χ1) is 16.5. The normalized spacial score (nSPS) is 10.9. The predicted molar refractivity (Wildman–Crippen MR) is 139 cm³/mol.